The van der Waals surface area contributed by atoms with E-state index in [-0.39, 0.29) is 0 Å². The van der Waals surface area contributed by atoms with Crippen molar-refractivity contribution in [1.82, 2.24) is 10.2 Å². The van der Waals surface area contributed by atoms with Crippen molar-refractivity contribution in [2.24, 2.45) is 11.8 Å². The van der Waals surface area contributed by atoms with Gasteiger partial charge in [-0.05, 0) is 31.2 Å². The Morgan fingerprint density at radius 3 is 2.18 bits per heavy atom. The SMILES string of the molecule is CCN(CC1CCC1)C(CNC(C)C)C(C)C. The molecule has 0 spiro atoms. The molecule has 1 fully saturated rings. The molecule has 1 saturated carbocycles. The molecule has 1 atom stereocenters. The van der Waals surface area contributed by atoms with Crippen LogP contribution in [0, 0.1) is 11.8 Å². The fraction of sp³-hybridized carbons (Fsp3) is 1.00. The Bertz CT molecular complexity index is 197. The third kappa shape index (κ3) is 4.97. The zero-order chi connectivity index (χ0) is 12.8. The van der Waals surface area contributed by atoms with Crippen molar-refractivity contribution in [1.29, 1.82) is 0 Å². The monoisotopic (exact) mass is 240 g/mol. The molecule has 0 saturated heterocycles. The van der Waals surface area contributed by atoms with Crippen LogP contribution in [0.1, 0.15) is 53.9 Å². The first kappa shape index (κ1) is 15.0. The van der Waals surface area contributed by atoms with Crippen LogP contribution >= 0.6 is 0 Å². The van der Waals surface area contributed by atoms with Gasteiger partial charge in [0.05, 0.1) is 0 Å². The van der Waals surface area contributed by atoms with E-state index in [1.165, 1.54) is 32.4 Å². The van der Waals surface area contributed by atoms with Gasteiger partial charge in [0.25, 0.3) is 0 Å². The highest BCUT2D eigenvalue weighted by atomic mass is 15.2. The van der Waals surface area contributed by atoms with Crippen LogP contribution in [0.3, 0.4) is 0 Å². The smallest absolute Gasteiger partial charge is 0.0243 e. The molecule has 0 bridgehead atoms. The molecule has 0 aromatic rings. The summed E-state index contributed by atoms with van der Waals surface area (Å²) < 4.78 is 0. The van der Waals surface area contributed by atoms with Gasteiger partial charge in [0, 0.05) is 25.2 Å². The minimum absolute atomic E-state index is 0.596. The quantitative estimate of drug-likeness (QED) is 0.701. The summed E-state index contributed by atoms with van der Waals surface area (Å²) in [5.74, 6) is 1.72. The molecular weight excluding hydrogens is 208 g/mol. The van der Waals surface area contributed by atoms with Crippen LogP contribution in [0.25, 0.3) is 0 Å². The number of nitrogens with zero attached hydrogens (tertiary/aromatic N) is 1. The van der Waals surface area contributed by atoms with Gasteiger partial charge >= 0.3 is 0 Å². The van der Waals surface area contributed by atoms with E-state index < -0.39 is 0 Å². The van der Waals surface area contributed by atoms with Crippen molar-refractivity contribution in [2.75, 3.05) is 19.6 Å². The predicted molar refractivity (Wildman–Crippen MR) is 76.4 cm³/mol. The fourth-order valence-corrected chi connectivity index (χ4v) is 2.65. The highest BCUT2D eigenvalue weighted by Crippen LogP contribution is 2.28. The predicted octanol–water partition coefficient (Wildman–Crippen LogP) is 3.13. The standard InChI is InChI=1S/C15H32N2/c1-6-17(11-14-8-7-9-14)15(12(2)3)10-16-13(4)5/h12-16H,6-11H2,1-5H3. The number of rotatable bonds is 8. The molecule has 1 aliphatic rings. The Morgan fingerprint density at radius 2 is 1.82 bits per heavy atom. The zero-order valence-corrected chi connectivity index (χ0v) is 12.5. The lowest BCUT2D eigenvalue weighted by Crippen LogP contribution is -2.49. The minimum atomic E-state index is 0.596. The lowest BCUT2D eigenvalue weighted by molar-refractivity contribution is 0.109. The Balaban J connectivity index is 2.45. The second kappa shape index (κ2) is 7.38. The van der Waals surface area contributed by atoms with E-state index in [2.05, 4.69) is 44.8 Å². The maximum atomic E-state index is 3.61. The van der Waals surface area contributed by atoms with Gasteiger partial charge in [-0.3, -0.25) is 4.90 Å². The Labute approximate surface area is 108 Å². The summed E-state index contributed by atoms with van der Waals surface area (Å²) in [7, 11) is 0. The number of hydrogen-bond acceptors (Lipinski definition) is 2. The molecule has 2 nitrogen and oxygen atoms in total. The number of likely N-dealkylation sites (N-methyl/N-ethyl adjacent to an activating group) is 1. The van der Waals surface area contributed by atoms with Crippen molar-refractivity contribution >= 4 is 0 Å². The summed E-state index contributed by atoms with van der Waals surface area (Å²) in [5.41, 5.74) is 0. The average Bonchev–Trinajstić information content (AvgIpc) is 2.19. The van der Waals surface area contributed by atoms with E-state index in [1.54, 1.807) is 0 Å². The van der Waals surface area contributed by atoms with Gasteiger partial charge in [-0.25, -0.2) is 0 Å². The van der Waals surface area contributed by atoms with Gasteiger partial charge in [-0.2, -0.15) is 0 Å². The normalized spacial score (nSPS) is 19.1. The molecule has 2 heteroatoms. The average molecular weight is 240 g/mol. The molecule has 102 valence electrons. The first-order chi connectivity index (χ1) is 8.04. The van der Waals surface area contributed by atoms with Gasteiger partial charge < -0.3 is 5.32 Å². The van der Waals surface area contributed by atoms with Gasteiger partial charge in [0.2, 0.25) is 0 Å². The topological polar surface area (TPSA) is 15.3 Å². The molecule has 1 unspecified atom stereocenters. The molecule has 0 aliphatic heterocycles. The second-order valence-electron chi connectivity index (χ2n) is 6.26. The highest BCUT2D eigenvalue weighted by molar-refractivity contribution is 4.81. The lowest BCUT2D eigenvalue weighted by Gasteiger charge is -2.39. The van der Waals surface area contributed by atoms with Crippen molar-refractivity contribution in [3.63, 3.8) is 0 Å². The summed E-state index contributed by atoms with van der Waals surface area (Å²) in [6, 6.07) is 1.29. The summed E-state index contributed by atoms with van der Waals surface area (Å²) in [6.45, 7) is 15.1. The molecule has 0 aromatic heterocycles. The van der Waals surface area contributed by atoms with Crippen LogP contribution in [0.2, 0.25) is 0 Å². The van der Waals surface area contributed by atoms with Crippen molar-refractivity contribution < 1.29 is 0 Å². The number of hydrogen-bond donors (Lipinski definition) is 1. The first-order valence-corrected chi connectivity index (χ1v) is 7.52. The van der Waals surface area contributed by atoms with Crippen LogP contribution < -0.4 is 5.32 Å². The van der Waals surface area contributed by atoms with Crippen LogP contribution in [0.15, 0.2) is 0 Å². The van der Waals surface area contributed by atoms with E-state index in [4.69, 9.17) is 0 Å². The van der Waals surface area contributed by atoms with Gasteiger partial charge in [0.15, 0.2) is 0 Å². The van der Waals surface area contributed by atoms with Crippen LogP contribution in [-0.4, -0.2) is 36.6 Å². The molecule has 0 radical (unpaired) electrons. The van der Waals surface area contributed by atoms with E-state index in [1.807, 2.05) is 0 Å². The molecule has 1 rings (SSSR count). The van der Waals surface area contributed by atoms with E-state index in [9.17, 15) is 0 Å². The first-order valence-electron chi connectivity index (χ1n) is 7.52. The summed E-state index contributed by atoms with van der Waals surface area (Å²) >= 11 is 0. The van der Waals surface area contributed by atoms with Crippen LogP contribution in [0.5, 0.6) is 0 Å². The van der Waals surface area contributed by atoms with E-state index in [0.717, 1.165) is 18.4 Å². The Kier molecular flexibility index (Phi) is 6.50. The molecule has 0 heterocycles. The maximum Gasteiger partial charge on any atom is 0.0243 e. The zero-order valence-electron chi connectivity index (χ0n) is 12.5. The van der Waals surface area contributed by atoms with Crippen molar-refractivity contribution in [2.45, 2.75) is 66.0 Å². The minimum Gasteiger partial charge on any atom is -0.313 e. The van der Waals surface area contributed by atoms with Crippen LogP contribution in [0.4, 0.5) is 0 Å². The summed E-state index contributed by atoms with van der Waals surface area (Å²) in [6.07, 6.45) is 4.37. The third-order valence-corrected chi connectivity index (χ3v) is 4.10. The molecule has 0 aromatic carbocycles. The molecule has 0 amide bonds. The lowest BCUT2D eigenvalue weighted by atomic mass is 9.84. The highest BCUT2D eigenvalue weighted by Gasteiger charge is 2.26. The van der Waals surface area contributed by atoms with Crippen molar-refractivity contribution in [3.05, 3.63) is 0 Å². The summed E-state index contributed by atoms with van der Waals surface area (Å²) in [5, 5.41) is 3.61. The number of nitrogens with one attached hydrogen (secondary N) is 1. The Morgan fingerprint density at radius 1 is 1.18 bits per heavy atom. The molecule has 17 heavy (non-hydrogen) atoms. The van der Waals surface area contributed by atoms with Crippen molar-refractivity contribution in [3.8, 4) is 0 Å². The maximum absolute atomic E-state index is 3.61. The molecular formula is C15H32N2. The van der Waals surface area contributed by atoms with E-state index in [0.29, 0.717) is 12.1 Å². The second-order valence-corrected chi connectivity index (χ2v) is 6.26. The van der Waals surface area contributed by atoms with Gasteiger partial charge in [-0.1, -0.05) is 41.0 Å². The van der Waals surface area contributed by atoms with Gasteiger partial charge in [0.1, 0.15) is 0 Å². The molecule has 1 N–H and O–H groups in total. The third-order valence-electron chi connectivity index (χ3n) is 4.10. The van der Waals surface area contributed by atoms with E-state index >= 15 is 0 Å². The molecule has 1 aliphatic carbocycles. The van der Waals surface area contributed by atoms with Crippen LogP contribution in [-0.2, 0) is 0 Å². The Hall–Kier alpha value is -0.0800. The van der Waals surface area contributed by atoms with Gasteiger partial charge in [-0.15, -0.1) is 0 Å². The summed E-state index contributed by atoms with van der Waals surface area (Å²) in [4.78, 5) is 2.70. The largest absolute Gasteiger partial charge is 0.313 e. The fourth-order valence-electron chi connectivity index (χ4n) is 2.65.